The molecule has 0 radical (unpaired) electrons. The van der Waals surface area contributed by atoms with Crippen LogP contribution in [0, 0.1) is 0 Å². The Hall–Kier alpha value is -2.80. The van der Waals surface area contributed by atoms with Crippen LogP contribution < -0.4 is 20.9 Å². The average molecular weight is 317 g/mol. The largest absolute Gasteiger partial charge is 0.507 e. The van der Waals surface area contributed by atoms with Gasteiger partial charge in [-0.2, -0.15) is 0 Å². The maximum Gasteiger partial charge on any atom is 0.273 e. The number of phenolic OH excluding ortho intramolecular Hbond substituents is 1. The molecule has 1 amide bonds. The van der Waals surface area contributed by atoms with Crippen molar-refractivity contribution in [3.05, 3.63) is 54.1 Å². The average Bonchev–Trinajstić information content (AvgIpc) is 2.53. The number of carbonyl (C=O) groups excluding carboxylic acids is 1. The van der Waals surface area contributed by atoms with E-state index in [1.165, 1.54) is 12.1 Å². The number of methoxy groups -OCH3 is 1. The second kappa shape index (κ2) is 7.28. The second-order valence-electron chi connectivity index (χ2n) is 4.25. The number of nitrogens with one attached hydrogen (secondary N) is 3. The fourth-order valence-electron chi connectivity index (χ4n) is 1.75. The summed E-state index contributed by atoms with van der Waals surface area (Å²) in [6.07, 6.45) is 0. The van der Waals surface area contributed by atoms with Crippen LogP contribution in [0.2, 0.25) is 0 Å². The van der Waals surface area contributed by atoms with Crippen molar-refractivity contribution in [1.29, 1.82) is 0 Å². The number of thiocarbonyl (C=S) groups is 1. The molecule has 7 heteroatoms. The third-order valence-corrected chi connectivity index (χ3v) is 3.00. The van der Waals surface area contributed by atoms with Gasteiger partial charge in [0.25, 0.3) is 5.91 Å². The highest BCUT2D eigenvalue weighted by atomic mass is 32.1. The lowest BCUT2D eigenvalue weighted by Crippen LogP contribution is -2.43. The van der Waals surface area contributed by atoms with Crippen LogP contribution in [-0.2, 0) is 0 Å². The third-order valence-electron chi connectivity index (χ3n) is 2.79. The fraction of sp³-hybridized carbons (Fsp3) is 0.0667. The van der Waals surface area contributed by atoms with Gasteiger partial charge in [0.15, 0.2) is 5.11 Å². The fourth-order valence-corrected chi connectivity index (χ4v) is 1.91. The molecule has 0 aromatic heterocycles. The van der Waals surface area contributed by atoms with Gasteiger partial charge < -0.3 is 15.2 Å². The van der Waals surface area contributed by atoms with Gasteiger partial charge in [-0.25, -0.2) is 0 Å². The van der Waals surface area contributed by atoms with Gasteiger partial charge in [-0.3, -0.25) is 15.6 Å². The summed E-state index contributed by atoms with van der Waals surface area (Å²) in [7, 11) is 1.55. The number of hydrogen-bond donors (Lipinski definition) is 4. The van der Waals surface area contributed by atoms with Gasteiger partial charge in [-0.05, 0) is 36.5 Å². The molecule has 22 heavy (non-hydrogen) atoms. The van der Waals surface area contributed by atoms with Gasteiger partial charge in [-0.1, -0.05) is 24.3 Å². The summed E-state index contributed by atoms with van der Waals surface area (Å²) in [6, 6.07) is 13.5. The molecule has 6 nitrogen and oxygen atoms in total. The van der Waals surface area contributed by atoms with Crippen LogP contribution in [0.3, 0.4) is 0 Å². The zero-order chi connectivity index (χ0) is 15.9. The van der Waals surface area contributed by atoms with Crippen molar-refractivity contribution < 1.29 is 14.6 Å². The second-order valence-corrected chi connectivity index (χ2v) is 4.66. The molecule has 0 unspecified atom stereocenters. The number of hydrazine groups is 1. The molecule has 0 saturated heterocycles. The highest BCUT2D eigenvalue weighted by Gasteiger charge is 2.10. The van der Waals surface area contributed by atoms with Crippen LogP contribution in [0.4, 0.5) is 5.69 Å². The lowest BCUT2D eigenvalue weighted by molar-refractivity contribution is 0.0941. The lowest BCUT2D eigenvalue weighted by atomic mass is 10.2. The third kappa shape index (κ3) is 3.86. The molecule has 0 aliphatic heterocycles. The SMILES string of the molecule is COc1ccccc1NC(=S)NNC(=O)c1ccccc1O. The highest BCUT2D eigenvalue weighted by molar-refractivity contribution is 7.80. The Morgan fingerprint density at radius 1 is 1.09 bits per heavy atom. The summed E-state index contributed by atoms with van der Waals surface area (Å²) in [4.78, 5) is 11.9. The first-order valence-corrected chi connectivity index (χ1v) is 6.81. The molecule has 0 fully saturated rings. The number of anilines is 1. The first-order valence-electron chi connectivity index (χ1n) is 6.40. The molecule has 0 atom stereocenters. The van der Waals surface area contributed by atoms with Crippen LogP contribution in [0.5, 0.6) is 11.5 Å². The van der Waals surface area contributed by atoms with Crippen molar-refractivity contribution in [2.24, 2.45) is 0 Å². The van der Waals surface area contributed by atoms with Gasteiger partial charge in [0.2, 0.25) is 0 Å². The Kier molecular flexibility index (Phi) is 5.16. The standard InChI is InChI=1S/C15H15N3O3S/c1-21-13-9-5-3-7-11(13)16-15(22)18-17-14(20)10-6-2-4-8-12(10)19/h2-9,19H,1H3,(H,17,20)(H2,16,18,22). The van der Waals surface area contributed by atoms with Gasteiger partial charge in [0, 0.05) is 0 Å². The topological polar surface area (TPSA) is 82.6 Å². The van der Waals surface area contributed by atoms with E-state index < -0.39 is 5.91 Å². The summed E-state index contributed by atoms with van der Waals surface area (Å²) in [5.74, 6) is 0.0198. The van der Waals surface area contributed by atoms with E-state index in [2.05, 4.69) is 16.2 Å². The van der Waals surface area contributed by atoms with Crippen LogP contribution in [0.15, 0.2) is 48.5 Å². The molecule has 114 valence electrons. The van der Waals surface area contributed by atoms with Crippen molar-refractivity contribution in [2.45, 2.75) is 0 Å². The van der Waals surface area contributed by atoms with E-state index in [1.807, 2.05) is 12.1 Å². The van der Waals surface area contributed by atoms with Crippen LogP contribution in [0.1, 0.15) is 10.4 Å². The molecule has 4 N–H and O–H groups in total. The molecule has 2 aromatic rings. The van der Waals surface area contributed by atoms with Crippen molar-refractivity contribution in [1.82, 2.24) is 10.9 Å². The van der Waals surface area contributed by atoms with E-state index in [4.69, 9.17) is 17.0 Å². The van der Waals surface area contributed by atoms with E-state index in [0.717, 1.165) is 0 Å². The number of rotatable bonds is 3. The zero-order valence-corrected chi connectivity index (χ0v) is 12.6. The molecule has 0 saturated carbocycles. The number of hydrogen-bond acceptors (Lipinski definition) is 4. The van der Waals surface area contributed by atoms with Gasteiger partial charge in [0.1, 0.15) is 11.5 Å². The van der Waals surface area contributed by atoms with Crippen LogP contribution in [0.25, 0.3) is 0 Å². The van der Waals surface area contributed by atoms with E-state index in [0.29, 0.717) is 11.4 Å². The molecule has 0 aliphatic rings. The summed E-state index contributed by atoms with van der Waals surface area (Å²) >= 11 is 5.09. The van der Waals surface area contributed by atoms with Crippen molar-refractivity contribution in [2.75, 3.05) is 12.4 Å². The quantitative estimate of drug-likeness (QED) is 0.512. The zero-order valence-electron chi connectivity index (χ0n) is 11.8. The molecule has 0 spiro atoms. The van der Waals surface area contributed by atoms with Gasteiger partial charge in [-0.15, -0.1) is 0 Å². The highest BCUT2D eigenvalue weighted by Crippen LogP contribution is 2.22. The molecular formula is C15H15N3O3S. The minimum Gasteiger partial charge on any atom is -0.507 e. The van der Waals surface area contributed by atoms with E-state index in [1.54, 1.807) is 31.4 Å². The monoisotopic (exact) mass is 317 g/mol. The molecule has 0 heterocycles. The van der Waals surface area contributed by atoms with Crippen molar-refractivity contribution >= 4 is 28.9 Å². The summed E-state index contributed by atoms with van der Waals surface area (Å²) in [6.45, 7) is 0. The number of phenols is 1. The summed E-state index contributed by atoms with van der Waals surface area (Å²) < 4.78 is 5.19. The van der Waals surface area contributed by atoms with E-state index in [9.17, 15) is 9.90 Å². The lowest BCUT2D eigenvalue weighted by Gasteiger charge is -2.14. The Labute approximate surface area is 133 Å². The van der Waals surface area contributed by atoms with Crippen molar-refractivity contribution in [3.8, 4) is 11.5 Å². The Bertz CT molecular complexity index is 691. The number of para-hydroxylation sites is 3. The smallest absolute Gasteiger partial charge is 0.273 e. The van der Waals surface area contributed by atoms with Crippen LogP contribution >= 0.6 is 12.2 Å². The predicted octanol–water partition coefficient (Wildman–Crippen LogP) is 2.03. The first-order chi connectivity index (χ1) is 10.6. The molecule has 0 bridgehead atoms. The predicted molar refractivity (Wildman–Crippen MR) is 87.9 cm³/mol. The maximum atomic E-state index is 11.9. The molecular weight excluding hydrogens is 302 g/mol. The Morgan fingerprint density at radius 3 is 2.50 bits per heavy atom. The molecule has 0 aliphatic carbocycles. The Balaban J connectivity index is 1.93. The van der Waals surface area contributed by atoms with E-state index >= 15 is 0 Å². The number of amides is 1. The van der Waals surface area contributed by atoms with E-state index in [-0.39, 0.29) is 16.4 Å². The molecule has 2 rings (SSSR count). The van der Waals surface area contributed by atoms with Gasteiger partial charge >= 0.3 is 0 Å². The maximum absolute atomic E-state index is 11.9. The minimum atomic E-state index is -0.498. The number of ether oxygens (including phenoxy) is 1. The van der Waals surface area contributed by atoms with Gasteiger partial charge in [0.05, 0.1) is 18.4 Å². The minimum absolute atomic E-state index is 0.106. The first kappa shape index (κ1) is 15.6. The Morgan fingerprint density at radius 2 is 1.77 bits per heavy atom. The van der Waals surface area contributed by atoms with Crippen LogP contribution in [-0.4, -0.2) is 23.2 Å². The van der Waals surface area contributed by atoms with Crippen molar-refractivity contribution in [3.63, 3.8) is 0 Å². The number of carbonyl (C=O) groups is 1. The summed E-state index contributed by atoms with van der Waals surface area (Å²) in [5, 5.41) is 12.7. The normalized spacial score (nSPS) is 9.68. The molecule has 2 aromatic carbocycles. The number of benzene rings is 2. The number of aromatic hydroxyl groups is 1. The summed E-state index contributed by atoms with van der Waals surface area (Å²) in [5.41, 5.74) is 5.78.